The van der Waals surface area contributed by atoms with Crippen molar-refractivity contribution in [1.82, 2.24) is 24.3 Å². The molecule has 1 saturated heterocycles. The molecule has 2 aliphatic rings. The van der Waals surface area contributed by atoms with E-state index in [4.69, 9.17) is 0 Å². The topological polar surface area (TPSA) is 91.6 Å². The molecular weight excluding hydrogens is 420 g/mol. The number of carbonyl (C=O) groups excluding carboxylic acids is 3. The number of nitrogens with zero attached hydrogens (tertiary/aromatic N) is 6. The zero-order chi connectivity index (χ0) is 22.8. The van der Waals surface area contributed by atoms with E-state index in [-0.39, 0.29) is 24.3 Å². The molecule has 0 saturated carbocycles. The number of aromatic nitrogens is 3. The molecular formula is C24H24N6O3. The van der Waals surface area contributed by atoms with Crippen LogP contribution in [0.1, 0.15) is 33.6 Å². The SMILES string of the molecule is O=C(CCCN1C(=O)c2ccccc2C1=O)N1CCN(c2cc(-n3cccc3)ncn2)CC1. The molecule has 3 aromatic rings. The first-order valence-corrected chi connectivity index (χ1v) is 11.0. The predicted octanol–water partition coefficient (Wildman–Crippen LogP) is 1.99. The first-order valence-electron chi connectivity index (χ1n) is 11.0. The van der Waals surface area contributed by atoms with E-state index < -0.39 is 0 Å². The molecule has 2 aromatic heterocycles. The number of benzene rings is 1. The van der Waals surface area contributed by atoms with Gasteiger partial charge in [-0.1, -0.05) is 12.1 Å². The van der Waals surface area contributed by atoms with Gasteiger partial charge in [0.05, 0.1) is 11.1 Å². The molecule has 2 aliphatic heterocycles. The predicted molar refractivity (Wildman–Crippen MR) is 121 cm³/mol. The Morgan fingerprint density at radius 1 is 0.848 bits per heavy atom. The summed E-state index contributed by atoms with van der Waals surface area (Å²) in [6, 6.07) is 12.7. The van der Waals surface area contributed by atoms with Crippen molar-refractivity contribution in [2.45, 2.75) is 12.8 Å². The van der Waals surface area contributed by atoms with Gasteiger partial charge in [0.2, 0.25) is 5.91 Å². The summed E-state index contributed by atoms with van der Waals surface area (Å²) in [5.74, 6) is 1.13. The van der Waals surface area contributed by atoms with E-state index in [1.807, 2.05) is 40.1 Å². The van der Waals surface area contributed by atoms with E-state index in [0.717, 1.165) is 11.6 Å². The van der Waals surface area contributed by atoms with Crippen LogP contribution in [-0.4, -0.2) is 74.8 Å². The highest BCUT2D eigenvalue weighted by Crippen LogP contribution is 2.23. The number of amides is 3. The second-order valence-electron chi connectivity index (χ2n) is 8.10. The highest BCUT2D eigenvalue weighted by Gasteiger charge is 2.34. The summed E-state index contributed by atoms with van der Waals surface area (Å²) >= 11 is 0. The zero-order valence-electron chi connectivity index (χ0n) is 18.1. The highest BCUT2D eigenvalue weighted by molar-refractivity contribution is 6.21. The molecule has 168 valence electrons. The van der Waals surface area contributed by atoms with Gasteiger partial charge in [-0.3, -0.25) is 19.3 Å². The quantitative estimate of drug-likeness (QED) is 0.540. The Hall–Kier alpha value is -4.01. The van der Waals surface area contributed by atoms with Crippen molar-refractivity contribution in [2.75, 3.05) is 37.6 Å². The van der Waals surface area contributed by atoms with Gasteiger partial charge in [0, 0.05) is 57.6 Å². The molecule has 9 heteroatoms. The Balaban J connectivity index is 1.11. The lowest BCUT2D eigenvalue weighted by Crippen LogP contribution is -2.49. The van der Waals surface area contributed by atoms with Crippen LogP contribution in [0, 0.1) is 0 Å². The number of fused-ring (bicyclic) bond motifs is 1. The lowest BCUT2D eigenvalue weighted by Gasteiger charge is -2.35. The van der Waals surface area contributed by atoms with Gasteiger partial charge >= 0.3 is 0 Å². The van der Waals surface area contributed by atoms with Crippen LogP contribution in [0.2, 0.25) is 0 Å². The molecule has 1 fully saturated rings. The van der Waals surface area contributed by atoms with Crippen LogP contribution in [0.25, 0.3) is 5.82 Å². The van der Waals surface area contributed by atoms with Crippen molar-refractivity contribution < 1.29 is 14.4 Å². The van der Waals surface area contributed by atoms with Gasteiger partial charge in [-0.05, 0) is 30.7 Å². The van der Waals surface area contributed by atoms with E-state index in [1.54, 1.807) is 30.6 Å². The second kappa shape index (κ2) is 8.85. The van der Waals surface area contributed by atoms with E-state index in [9.17, 15) is 14.4 Å². The molecule has 4 heterocycles. The zero-order valence-corrected chi connectivity index (χ0v) is 18.1. The fourth-order valence-electron chi connectivity index (χ4n) is 4.31. The van der Waals surface area contributed by atoms with E-state index in [1.165, 1.54) is 4.90 Å². The molecule has 5 rings (SSSR count). The van der Waals surface area contributed by atoms with Gasteiger partial charge in [-0.2, -0.15) is 0 Å². The number of imide groups is 1. The van der Waals surface area contributed by atoms with E-state index in [0.29, 0.717) is 50.1 Å². The maximum Gasteiger partial charge on any atom is 0.261 e. The summed E-state index contributed by atoms with van der Waals surface area (Å²) in [7, 11) is 0. The minimum Gasteiger partial charge on any atom is -0.353 e. The number of anilines is 1. The number of hydrogen-bond donors (Lipinski definition) is 0. The van der Waals surface area contributed by atoms with Crippen LogP contribution in [-0.2, 0) is 4.79 Å². The smallest absolute Gasteiger partial charge is 0.261 e. The fourth-order valence-corrected chi connectivity index (χ4v) is 4.31. The molecule has 0 atom stereocenters. The normalized spacial score (nSPS) is 15.8. The van der Waals surface area contributed by atoms with Crippen LogP contribution >= 0.6 is 0 Å². The van der Waals surface area contributed by atoms with Crippen molar-refractivity contribution in [3.05, 3.63) is 72.3 Å². The minimum atomic E-state index is -0.277. The Bertz CT molecular complexity index is 1150. The minimum absolute atomic E-state index is 0.0435. The number of rotatable bonds is 6. The summed E-state index contributed by atoms with van der Waals surface area (Å²) < 4.78 is 1.93. The first kappa shape index (κ1) is 20.9. The molecule has 33 heavy (non-hydrogen) atoms. The largest absolute Gasteiger partial charge is 0.353 e. The third kappa shape index (κ3) is 4.09. The summed E-state index contributed by atoms with van der Waals surface area (Å²) in [5, 5.41) is 0. The van der Waals surface area contributed by atoms with Crippen molar-refractivity contribution in [3.63, 3.8) is 0 Å². The van der Waals surface area contributed by atoms with Crippen LogP contribution in [0.15, 0.2) is 61.2 Å². The molecule has 9 nitrogen and oxygen atoms in total. The molecule has 0 N–H and O–H groups in total. The number of piperazine rings is 1. The molecule has 0 unspecified atom stereocenters. The molecule has 0 aliphatic carbocycles. The second-order valence-corrected chi connectivity index (χ2v) is 8.10. The number of carbonyl (C=O) groups is 3. The van der Waals surface area contributed by atoms with Gasteiger partial charge in [0.25, 0.3) is 11.8 Å². The molecule has 0 spiro atoms. The van der Waals surface area contributed by atoms with Crippen LogP contribution in [0.4, 0.5) is 5.82 Å². The van der Waals surface area contributed by atoms with Crippen LogP contribution < -0.4 is 4.90 Å². The Labute approximate surface area is 191 Å². The first-order chi connectivity index (χ1) is 16.1. The third-order valence-electron chi connectivity index (χ3n) is 6.11. The Morgan fingerprint density at radius 2 is 1.48 bits per heavy atom. The summed E-state index contributed by atoms with van der Waals surface area (Å²) in [5.41, 5.74) is 0.879. The van der Waals surface area contributed by atoms with Crippen molar-refractivity contribution in [3.8, 4) is 5.82 Å². The fraction of sp³-hybridized carbons (Fsp3) is 0.292. The van der Waals surface area contributed by atoms with Crippen molar-refractivity contribution in [1.29, 1.82) is 0 Å². The van der Waals surface area contributed by atoms with Crippen molar-refractivity contribution in [2.24, 2.45) is 0 Å². The Morgan fingerprint density at radius 3 is 2.15 bits per heavy atom. The average molecular weight is 444 g/mol. The van der Waals surface area contributed by atoms with E-state index in [2.05, 4.69) is 14.9 Å². The van der Waals surface area contributed by atoms with Crippen LogP contribution in [0.5, 0.6) is 0 Å². The lowest BCUT2D eigenvalue weighted by atomic mass is 10.1. The standard InChI is InChI=1S/C24H24N6O3/c31-22(8-5-11-30-23(32)18-6-1-2-7-19(18)24(30)33)29-14-12-28(13-15-29)21-16-20(25-17-26-21)27-9-3-4-10-27/h1-4,6-7,9-10,16-17H,5,8,11-15H2. The summed E-state index contributed by atoms with van der Waals surface area (Å²) in [6.07, 6.45) is 6.19. The monoisotopic (exact) mass is 444 g/mol. The maximum absolute atomic E-state index is 12.7. The van der Waals surface area contributed by atoms with Gasteiger partial charge in [-0.15, -0.1) is 0 Å². The molecule has 1 aromatic carbocycles. The van der Waals surface area contributed by atoms with Gasteiger partial charge < -0.3 is 14.4 Å². The van der Waals surface area contributed by atoms with Crippen molar-refractivity contribution >= 4 is 23.5 Å². The van der Waals surface area contributed by atoms with Gasteiger partial charge in [0.1, 0.15) is 18.0 Å². The third-order valence-corrected chi connectivity index (χ3v) is 6.11. The number of hydrogen-bond acceptors (Lipinski definition) is 6. The summed E-state index contributed by atoms with van der Waals surface area (Å²) in [4.78, 5) is 51.5. The molecule has 3 amide bonds. The molecule has 0 radical (unpaired) electrons. The highest BCUT2D eigenvalue weighted by atomic mass is 16.2. The van der Waals surface area contributed by atoms with Gasteiger partial charge in [0.15, 0.2) is 0 Å². The van der Waals surface area contributed by atoms with Gasteiger partial charge in [-0.25, -0.2) is 9.97 Å². The van der Waals surface area contributed by atoms with E-state index >= 15 is 0 Å². The summed E-state index contributed by atoms with van der Waals surface area (Å²) in [6.45, 7) is 2.84. The Kier molecular flexibility index (Phi) is 5.60. The maximum atomic E-state index is 12.7. The average Bonchev–Trinajstić information content (AvgIpc) is 3.48. The lowest BCUT2D eigenvalue weighted by molar-refractivity contribution is -0.131. The molecule has 0 bridgehead atoms. The van der Waals surface area contributed by atoms with Crippen LogP contribution in [0.3, 0.4) is 0 Å².